The molecule has 0 aromatic heterocycles. The normalized spacial score (nSPS) is 37.9. The third-order valence-corrected chi connectivity index (χ3v) is 3.01. The lowest BCUT2D eigenvalue weighted by Gasteiger charge is -2.34. The highest BCUT2D eigenvalue weighted by Crippen LogP contribution is 2.37. The van der Waals surface area contributed by atoms with Crippen LogP contribution in [0.25, 0.3) is 0 Å². The maximum Gasteiger partial charge on any atom is 0.254 e. The van der Waals surface area contributed by atoms with Crippen LogP contribution in [0.4, 0.5) is 0 Å². The van der Waals surface area contributed by atoms with Crippen molar-refractivity contribution in [2.45, 2.75) is 39.0 Å². The fraction of sp³-hybridized carbons (Fsp3) is 0.900. The van der Waals surface area contributed by atoms with Crippen molar-refractivity contribution in [3.63, 3.8) is 0 Å². The highest BCUT2D eigenvalue weighted by molar-refractivity contribution is 5.85. The molecular weight excluding hydrogens is 182 g/mol. The summed E-state index contributed by atoms with van der Waals surface area (Å²) in [5.74, 6) is 0.0485. The summed E-state index contributed by atoms with van der Waals surface area (Å²) < 4.78 is 10.7. The summed E-state index contributed by atoms with van der Waals surface area (Å²) >= 11 is 0. The molecule has 2 aliphatic heterocycles. The average molecular weight is 199 g/mol. The van der Waals surface area contributed by atoms with Gasteiger partial charge in [0, 0.05) is 7.05 Å². The van der Waals surface area contributed by atoms with Crippen LogP contribution in [0.3, 0.4) is 0 Å². The second-order valence-corrected chi connectivity index (χ2v) is 5.10. The lowest BCUT2D eigenvalue weighted by Crippen LogP contribution is -2.44. The average Bonchev–Trinajstić information content (AvgIpc) is 2.55. The van der Waals surface area contributed by atoms with Gasteiger partial charge in [-0.1, -0.05) is 20.8 Å². The predicted molar refractivity (Wildman–Crippen MR) is 50.6 cm³/mol. The van der Waals surface area contributed by atoms with Crippen LogP contribution in [0.1, 0.15) is 20.8 Å². The Balaban J connectivity index is 2.29. The van der Waals surface area contributed by atoms with E-state index < -0.39 is 0 Å². The lowest BCUT2D eigenvalue weighted by molar-refractivity contribution is -0.138. The Morgan fingerprint density at radius 3 is 2.57 bits per heavy atom. The molecule has 4 heteroatoms. The van der Waals surface area contributed by atoms with Gasteiger partial charge in [0.2, 0.25) is 0 Å². The van der Waals surface area contributed by atoms with Gasteiger partial charge in [0.1, 0.15) is 12.9 Å². The molecule has 0 radical (unpaired) electrons. The van der Waals surface area contributed by atoms with Crippen molar-refractivity contribution in [2.75, 3.05) is 13.8 Å². The smallest absolute Gasteiger partial charge is 0.254 e. The van der Waals surface area contributed by atoms with E-state index in [4.69, 9.17) is 9.47 Å². The van der Waals surface area contributed by atoms with Gasteiger partial charge in [-0.05, 0) is 5.41 Å². The number of carbonyl (C=O) groups excluding carboxylic acids is 1. The van der Waals surface area contributed by atoms with E-state index in [0.29, 0.717) is 0 Å². The van der Waals surface area contributed by atoms with Crippen molar-refractivity contribution >= 4 is 5.91 Å². The van der Waals surface area contributed by atoms with Crippen molar-refractivity contribution in [3.05, 3.63) is 0 Å². The molecule has 2 aliphatic rings. The molecule has 0 aliphatic carbocycles. The Kier molecular flexibility index (Phi) is 2.08. The first kappa shape index (κ1) is 9.93. The summed E-state index contributed by atoms with van der Waals surface area (Å²) in [5.41, 5.74) is 0.0253. The molecule has 14 heavy (non-hydrogen) atoms. The molecular formula is C10H17NO3. The Hall–Kier alpha value is -0.610. The highest BCUT2D eigenvalue weighted by atomic mass is 16.7. The number of likely N-dealkylation sites (tertiary alicyclic amines) is 1. The first-order valence-corrected chi connectivity index (χ1v) is 4.93. The Bertz CT molecular complexity index is 259. The van der Waals surface area contributed by atoms with E-state index in [9.17, 15) is 4.79 Å². The monoisotopic (exact) mass is 199 g/mol. The van der Waals surface area contributed by atoms with Crippen LogP contribution < -0.4 is 0 Å². The second kappa shape index (κ2) is 2.94. The summed E-state index contributed by atoms with van der Waals surface area (Å²) in [6, 6.07) is 0.113. The summed E-state index contributed by atoms with van der Waals surface area (Å²) in [6.07, 6.45) is -0.461. The zero-order valence-corrected chi connectivity index (χ0v) is 9.11. The first-order valence-electron chi connectivity index (χ1n) is 4.93. The van der Waals surface area contributed by atoms with Crippen LogP contribution in [-0.4, -0.2) is 42.9 Å². The van der Waals surface area contributed by atoms with E-state index in [1.165, 1.54) is 0 Å². The zero-order valence-electron chi connectivity index (χ0n) is 9.11. The van der Waals surface area contributed by atoms with Gasteiger partial charge in [-0.25, -0.2) is 0 Å². The van der Waals surface area contributed by atoms with Gasteiger partial charge in [0.05, 0.1) is 6.04 Å². The molecule has 2 fully saturated rings. The molecule has 0 spiro atoms. The van der Waals surface area contributed by atoms with Crippen LogP contribution in [-0.2, 0) is 14.3 Å². The van der Waals surface area contributed by atoms with Gasteiger partial charge in [-0.2, -0.15) is 0 Å². The van der Waals surface area contributed by atoms with E-state index in [1.807, 2.05) is 7.05 Å². The first-order chi connectivity index (χ1) is 6.43. The van der Waals surface area contributed by atoms with Crippen molar-refractivity contribution in [3.8, 4) is 0 Å². The molecule has 0 aromatic carbocycles. The Morgan fingerprint density at radius 1 is 1.36 bits per heavy atom. The third kappa shape index (κ3) is 1.25. The van der Waals surface area contributed by atoms with E-state index >= 15 is 0 Å². The molecule has 4 nitrogen and oxygen atoms in total. The number of hydrogen-bond acceptors (Lipinski definition) is 3. The predicted octanol–water partition coefficient (Wildman–Crippen LogP) is 0.615. The topological polar surface area (TPSA) is 38.8 Å². The van der Waals surface area contributed by atoms with E-state index in [-0.39, 0.29) is 36.4 Å². The van der Waals surface area contributed by atoms with Crippen LogP contribution in [0.5, 0.6) is 0 Å². The van der Waals surface area contributed by atoms with Crippen LogP contribution in [0.15, 0.2) is 0 Å². The standard InChI is InChI=1S/C10H17NO3/c1-10(2,3)8-6-7(14-5-13-6)9(12)11(8)4/h6-8H,5H2,1-4H3. The van der Waals surface area contributed by atoms with Gasteiger partial charge in [0.15, 0.2) is 6.10 Å². The third-order valence-electron chi connectivity index (χ3n) is 3.01. The number of likely N-dealkylation sites (N-methyl/N-ethyl adjacent to an activating group) is 1. The fourth-order valence-corrected chi connectivity index (χ4v) is 2.47. The quantitative estimate of drug-likeness (QED) is 0.574. The molecule has 0 N–H and O–H groups in total. The molecule has 3 atom stereocenters. The SMILES string of the molecule is CN1C(=O)C2OCOC2C1C(C)(C)C. The summed E-state index contributed by atoms with van der Waals surface area (Å²) in [7, 11) is 1.82. The lowest BCUT2D eigenvalue weighted by atomic mass is 9.83. The fourth-order valence-electron chi connectivity index (χ4n) is 2.47. The number of carbonyl (C=O) groups is 1. The maximum absolute atomic E-state index is 11.8. The zero-order chi connectivity index (χ0) is 10.5. The molecule has 3 unspecified atom stereocenters. The Morgan fingerprint density at radius 2 is 2.00 bits per heavy atom. The van der Waals surface area contributed by atoms with Gasteiger partial charge >= 0.3 is 0 Å². The van der Waals surface area contributed by atoms with E-state index in [2.05, 4.69) is 20.8 Å². The van der Waals surface area contributed by atoms with Gasteiger partial charge in [-0.3, -0.25) is 4.79 Å². The largest absolute Gasteiger partial charge is 0.347 e. The summed E-state index contributed by atoms with van der Waals surface area (Å²) in [6.45, 7) is 6.60. The molecule has 0 bridgehead atoms. The second-order valence-electron chi connectivity index (χ2n) is 5.10. The molecule has 0 saturated carbocycles. The molecule has 2 rings (SSSR count). The van der Waals surface area contributed by atoms with E-state index in [1.54, 1.807) is 4.90 Å². The molecule has 80 valence electrons. The Labute approximate surface area is 84.2 Å². The number of hydrogen-bond donors (Lipinski definition) is 0. The number of ether oxygens (including phenoxy) is 2. The van der Waals surface area contributed by atoms with Gasteiger partial charge in [-0.15, -0.1) is 0 Å². The maximum atomic E-state index is 11.8. The van der Waals surface area contributed by atoms with Crippen LogP contribution in [0, 0.1) is 5.41 Å². The molecule has 1 amide bonds. The highest BCUT2D eigenvalue weighted by Gasteiger charge is 2.54. The molecule has 2 heterocycles. The minimum absolute atomic E-state index is 0.0253. The van der Waals surface area contributed by atoms with Gasteiger partial charge < -0.3 is 14.4 Å². The van der Waals surface area contributed by atoms with Crippen LogP contribution >= 0.6 is 0 Å². The van der Waals surface area contributed by atoms with Crippen molar-refractivity contribution in [1.29, 1.82) is 0 Å². The van der Waals surface area contributed by atoms with Crippen molar-refractivity contribution in [2.24, 2.45) is 5.41 Å². The minimum Gasteiger partial charge on any atom is -0.347 e. The number of rotatable bonds is 0. The van der Waals surface area contributed by atoms with Crippen molar-refractivity contribution in [1.82, 2.24) is 4.90 Å². The number of fused-ring (bicyclic) bond motifs is 1. The molecule has 2 saturated heterocycles. The molecule has 0 aromatic rings. The van der Waals surface area contributed by atoms with Crippen LogP contribution in [0.2, 0.25) is 0 Å². The summed E-state index contributed by atoms with van der Waals surface area (Å²) in [5, 5.41) is 0. The minimum atomic E-state index is -0.371. The van der Waals surface area contributed by atoms with Gasteiger partial charge in [0.25, 0.3) is 5.91 Å². The number of amides is 1. The number of nitrogens with zero attached hydrogens (tertiary/aromatic N) is 1. The van der Waals surface area contributed by atoms with Crippen molar-refractivity contribution < 1.29 is 14.3 Å². The summed E-state index contributed by atoms with van der Waals surface area (Å²) in [4.78, 5) is 13.5. The van der Waals surface area contributed by atoms with E-state index in [0.717, 1.165) is 0 Å².